The molecule has 0 radical (unpaired) electrons. The molecular formula is C19H16BrNO3. The molecule has 1 N–H and O–H groups in total. The van der Waals surface area contributed by atoms with Crippen LogP contribution >= 0.6 is 15.9 Å². The lowest BCUT2D eigenvalue weighted by atomic mass is 10.1. The number of aromatic amines is 1. The van der Waals surface area contributed by atoms with Crippen LogP contribution in [0.15, 0.2) is 59.2 Å². The molecular weight excluding hydrogens is 370 g/mol. The first-order valence-electron chi connectivity index (χ1n) is 7.59. The van der Waals surface area contributed by atoms with E-state index in [1.165, 1.54) is 0 Å². The number of hydrogen-bond acceptors (Lipinski definition) is 3. The SMILES string of the molecule is C[C@H](OC(=O)Cc1c[nH]c2ccccc12)C(=O)c1ccc(Br)cc1. The average Bonchev–Trinajstić information content (AvgIpc) is 2.98. The number of ether oxygens (including phenoxy) is 1. The lowest BCUT2D eigenvalue weighted by molar-refractivity contribution is -0.145. The molecule has 0 fully saturated rings. The molecule has 0 aliphatic carbocycles. The number of para-hydroxylation sites is 1. The molecule has 0 unspecified atom stereocenters. The largest absolute Gasteiger partial charge is 0.454 e. The van der Waals surface area contributed by atoms with E-state index in [2.05, 4.69) is 20.9 Å². The summed E-state index contributed by atoms with van der Waals surface area (Å²) in [5.74, 6) is -0.632. The molecule has 0 bridgehead atoms. The molecule has 0 aliphatic heterocycles. The number of hydrogen-bond donors (Lipinski definition) is 1. The molecule has 3 aromatic rings. The number of ketones is 1. The van der Waals surface area contributed by atoms with Crippen molar-refractivity contribution in [1.82, 2.24) is 4.98 Å². The first-order chi connectivity index (χ1) is 11.5. The molecule has 0 saturated heterocycles. The number of halogens is 1. The fraction of sp³-hybridized carbons (Fsp3) is 0.158. The maximum absolute atomic E-state index is 12.3. The van der Waals surface area contributed by atoms with Crippen molar-refractivity contribution < 1.29 is 14.3 Å². The van der Waals surface area contributed by atoms with Crippen molar-refractivity contribution in [2.75, 3.05) is 0 Å². The van der Waals surface area contributed by atoms with Gasteiger partial charge in [-0.2, -0.15) is 0 Å². The van der Waals surface area contributed by atoms with Crippen LogP contribution in [0.1, 0.15) is 22.8 Å². The van der Waals surface area contributed by atoms with E-state index in [1.54, 1.807) is 37.4 Å². The van der Waals surface area contributed by atoms with Crippen molar-refractivity contribution >= 4 is 38.6 Å². The van der Waals surface area contributed by atoms with Gasteiger partial charge in [0.15, 0.2) is 6.10 Å². The summed E-state index contributed by atoms with van der Waals surface area (Å²) >= 11 is 3.33. The number of nitrogens with one attached hydrogen (secondary N) is 1. The first-order valence-corrected chi connectivity index (χ1v) is 8.38. The van der Waals surface area contributed by atoms with Crippen molar-refractivity contribution in [3.8, 4) is 0 Å². The monoisotopic (exact) mass is 385 g/mol. The Morgan fingerprint density at radius 1 is 1.12 bits per heavy atom. The van der Waals surface area contributed by atoms with Gasteiger partial charge in [0.1, 0.15) is 0 Å². The number of carbonyl (C=O) groups is 2. The molecule has 5 heteroatoms. The topological polar surface area (TPSA) is 59.2 Å². The summed E-state index contributed by atoms with van der Waals surface area (Å²) in [7, 11) is 0. The van der Waals surface area contributed by atoms with Gasteiger partial charge in [-0.25, -0.2) is 0 Å². The van der Waals surface area contributed by atoms with Crippen LogP contribution in [0.4, 0.5) is 0 Å². The number of H-pyrrole nitrogens is 1. The molecule has 3 rings (SSSR count). The van der Waals surface area contributed by atoms with E-state index in [0.29, 0.717) is 5.56 Å². The van der Waals surface area contributed by atoms with Crippen molar-refractivity contribution in [3.05, 3.63) is 70.3 Å². The Kier molecular flexibility index (Phi) is 4.81. The van der Waals surface area contributed by atoms with Crippen molar-refractivity contribution in [2.24, 2.45) is 0 Å². The van der Waals surface area contributed by atoms with Gasteiger partial charge in [0, 0.05) is 27.1 Å². The van der Waals surface area contributed by atoms with Gasteiger partial charge in [0.25, 0.3) is 0 Å². The number of fused-ring (bicyclic) bond motifs is 1. The molecule has 2 aromatic carbocycles. The Bertz CT molecular complexity index is 883. The number of Topliss-reactive ketones (excluding diaryl/α,β-unsaturated/α-hetero) is 1. The smallest absolute Gasteiger partial charge is 0.311 e. The number of benzene rings is 2. The second-order valence-electron chi connectivity index (χ2n) is 5.54. The Morgan fingerprint density at radius 3 is 2.58 bits per heavy atom. The molecule has 1 heterocycles. The Hall–Kier alpha value is -2.40. The fourth-order valence-electron chi connectivity index (χ4n) is 2.57. The Morgan fingerprint density at radius 2 is 1.83 bits per heavy atom. The van der Waals surface area contributed by atoms with E-state index in [1.807, 2.05) is 24.3 Å². The summed E-state index contributed by atoms with van der Waals surface area (Å²) < 4.78 is 6.20. The van der Waals surface area contributed by atoms with Gasteiger partial charge < -0.3 is 9.72 Å². The van der Waals surface area contributed by atoms with Crippen molar-refractivity contribution in [3.63, 3.8) is 0 Å². The first kappa shape index (κ1) is 16.5. The molecule has 0 spiro atoms. The number of esters is 1. The van der Waals surface area contributed by atoms with Crippen LogP contribution in [-0.2, 0) is 16.0 Å². The van der Waals surface area contributed by atoms with Crippen LogP contribution in [0.3, 0.4) is 0 Å². The van der Waals surface area contributed by atoms with Crippen LogP contribution < -0.4 is 0 Å². The molecule has 4 nitrogen and oxygen atoms in total. The maximum Gasteiger partial charge on any atom is 0.311 e. The maximum atomic E-state index is 12.3. The third-order valence-corrected chi connectivity index (χ3v) is 4.34. The molecule has 122 valence electrons. The minimum Gasteiger partial charge on any atom is -0.454 e. The van der Waals surface area contributed by atoms with Gasteiger partial charge >= 0.3 is 5.97 Å². The predicted octanol–water partition coefficient (Wildman–Crippen LogP) is 4.29. The molecule has 1 aromatic heterocycles. The molecule has 24 heavy (non-hydrogen) atoms. The van der Waals surface area contributed by atoms with E-state index in [0.717, 1.165) is 20.9 Å². The Balaban J connectivity index is 1.66. The van der Waals surface area contributed by atoms with E-state index in [-0.39, 0.29) is 12.2 Å². The minimum absolute atomic E-state index is 0.127. The van der Waals surface area contributed by atoms with Crippen LogP contribution in [0, 0.1) is 0 Å². The summed E-state index contributed by atoms with van der Waals surface area (Å²) in [6, 6.07) is 14.7. The van der Waals surface area contributed by atoms with Gasteiger partial charge in [-0.05, 0) is 30.7 Å². The lowest BCUT2D eigenvalue weighted by Crippen LogP contribution is -2.25. The van der Waals surface area contributed by atoms with Gasteiger partial charge in [0.2, 0.25) is 5.78 Å². The number of rotatable bonds is 5. The van der Waals surface area contributed by atoms with Crippen LogP contribution in [0.2, 0.25) is 0 Å². The van der Waals surface area contributed by atoms with Gasteiger partial charge in [-0.15, -0.1) is 0 Å². The molecule has 0 amide bonds. The second-order valence-corrected chi connectivity index (χ2v) is 6.46. The van der Waals surface area contributed by atoms with Gasteiger partial charge in [-0.1, -0.05) is 46.3 Å². The van der Waals surface area contributed by atoms with Crippen molar-refractivity contribution in [2.45, 2.75) is 19.4 Å². The molecule has 0 saturated carbocycles. The summed E-state index contributed by atoms with van der Waals surface area (Å²) in [6.07, 6.45) is 1.11. The third kappa shape index (κ3) is 3.57. The van der Waals surface area contributed by atoms with Gasteiger partial charge in [-0.3, -0.25) is 9.59 Å². The van der Waals surface area contributed by atoms with E-state index in [9.17, 15) is 9.59 Å². The van der Waals surface area contributed by atoms with Crippen LogP contribution in [-0.4, -0.2) is 22.8 Å². The highest BCUT2D eigenvalue weighted by Crippen LogP contribution is 2.19. The summed E-state index contributed by atoms with van der Waals surface area (Å²) in [6.45, 7) is 1.59. The third-order valence-electron chi connectivity index (χ3n) is 3.82. The fourth-order valence-corrected chi connectivity index (χ4v) is 2.84. The van der Waals surface area contributed by atoms with E-state index in [4.69, 9.17) is 4.74 Å². The summed E-state index contributed by atoms with van der Waals surface area (Å²) in [5, 5.41) is 0.987. The number of carbonyl (C=O) groups excluding carboxylic acids is 2. The zero-order valence-corrected chi connectivity index (χ0v) is 14.7. The minimum atomic E-state index is -0.816. The van der Waals surface area contributed by atoms with E-state index >= 15 is 0 Å². The van der Waals surface area contributed by atoms with Crippen LogP contribution in [0.25, 0.3) is 10.9 Å². The number of aromatic nitrogens is 1. The quantitative estimate of drug-likeness (QED) is 0.526. The normalized spacial score (nSPS) is 12.1. The highest BCUT2D eigenvalue weighted by molar-refractivity contribution is 9.10. The van der Waals surface area contributed by atoms with Crippen LogP contribution in [0.5, 0.6) is 0 Å². The summed E-state index contributed by atoms with van der Waals surface area (Å²) in [5.41, 5.74) is 2.35. The average molecular weight is 386 g/mol. The standard InChI is InChI=1S/C19H16BrNO3/c1-12(19(23)13-6-8-15(20)9-7-13)24-18(22)10-14-11-21-17-5-3-2-4-16(14)17/h2-9,11-12,21H,10H2,1H3/t12-/m0/s1. The Labute approximate surface area is 148 Å². The van der Waals surface area contributed by atoms with Gasteiger partial charge in [0.05, 0.1) is 6.42 Å². The van der Waals surface area contributed by atoms with E-state index < -0.39 is 12.1 Å². The second kappa shape index (κ2) is 7.01. The zero-order chi connectivity index (χ0) is 17.1. The van der Waals surface area contributed by atoms with Crippen molar-refractivity contribution in [1.29, 1.82) is 0 Å². The highest BCUT2D eigenvalue weighted by Gasteiger charge is 2.20. The highest BCUT2D eigenvalue weighted by atomic mass is 79.9. The molecule has 1 atom stereocenters. The lowest BCUT2D eigenvalue weighted by Gasteiger charge is -2.12. The predicted molar refractivity (Wildman–Crippen MR) is 96.0 cm³/mol. The zero-order valence-electron chi connectivity index (χ0n) is 13.1. The summed E-state index contributed by atoms with van der Waals surface area (Å²) in [4.78, 5) is 27.6. The molecule has 0 aliphatic rings.